The second-order valence-electron chi connectivity index (χ2n) is 4.62. The summed E-state index contributed by atoms with van der Waals surface area (Å²) in [5.41, 5.74) is -1.03. The minimum atomic E-state index is -0.630. The molecule has 0 bridgehead atoms. The number of nitrogens with one attached hydrogen (secondary N) is 1. The number of carbonyl (C=O) groups excluding carboxylic acids is 2. The van der Waals surface area contributed by atoms with E-state index in [1.54, 1.807) is 0 Å². The summed E-state index contributed by atoms with van der Waals surface area (Å²) in [5.74, 6) is 0.100. The van der Waals surface area contributed by atoms with Gasteiger partial charge >= 0.3 is 0 Å². The summed E-state index contributed by atoms with van der Waals surface area (Å²) in [5, 5.41) is 2.78. The first-order valence-electron chi connectivity index (χ1n) is 4.68. The van der Waals surface area contributed by atoms with Crippen LogP contribution in [0.5, 0.6) is 0 Å². The molecule has 1 heterocycles. The van der Waals surface area contributed by atoms with Crippen molar-refractivity contribution < 1.29 is 9.59 Å². The standard InChI is InChI=1S/C10H17NO2/c1-5-7(12)10(4)6-9(2,3)8(13)11-10/h5-6H2,1-4H3,(H,11,13). The summed E-state index contributed by atoms with van der Waals surface area (Å²) in [6.45, 7) is 7.38. The van der Waals surface area contributed by atoms with Gasteiger partial charge in [-0.15, -0.1) is 0 Å². The summed E-state index contributed by atoms with van der Waals surface area (Å²) in [6, 6.07) is 0. The Morgan fingerprint density at radius 3 is 2.31 bits per heavy atom. The fraction of sp³-hybridized carbons (Fsp3) is 0.800. The highest BCUT2D eigenvalue weighted by atomic mass is 16.2. The molecule has 1 fully saturated rings. The Bertz CT molecular complexity index is 258. The second-order valence-corrected chi connectivity index (χ2v) is 4.62. The van der Waals surface area contributed by atoms with Crippen LogP contribution in [0.3, 0.4) is 0 Å². The van der Waals surface area contributed by atoms with Gasteiger partial charge in [0.15, 0.2) is 5.78 Å². The van der Waals surface area contributed by atoms with Crippen molar-refractivity contribution in [2.24, 2.45) is 5.41 Å². The topological polar surface area (TPSA) is 46.2 Å². The van der Waals surface area contributed by atoms with Gasteiger partial charge in [-0.2, -0.15) is 0 Å². The van der Waals surface area contributed by atoms with Gasteiger partial charge in [-0.3, -0.25) is 9.59 Å². The van der Waals surface area contributed by atoms with Crippen molar-refractivity contribution in [3.05, 3.63) is 0 Å². The zero-order valence-electron chi connectivity index (χ0n) is 8.73. The maximum atomic E-state index is 11.6. The van der Waals surface area contributed by atoms with Gasteiger partial charge in [0.1, 0.15) is 0 Å². The molecule has 0 aliphatic carbocycles. The number of ketones is 1. The Labute approximate surface area is 78.9 Å². The third kappa shape index (κ3) is 1.60. The van der Waals surface area contributed by atoms with E-state index in [1.807, 2.05) is 27.7 Å². The Morgan fingerprint density at radius 2 is 2.00 bits per heavy atom. The molecular weight excluding hydrogens is 166 g/mol. The van der Waals surface area contributed by atoms with E-state index >= 15 is 0 Å². The molecule has 1 amide bonds. The van der Waals surface area contributed by atoms with Crippen molar-refractivity contribution in [3.63, 3.8) is 0 Å². The van der Waals surface area contributed by atoms with E-state index < -0.39 is 11.0 Å². The van der Waals surface area contributed by atoms with E-state index in [1.165, 1.54) is 0 Å². The minimum Gasteiger partial charge on any atom is -0.343 e. The van der Waals surface area contributed by atoms with E-state index in [9.17, 15) is 9.59 Å². The first-order chi connectivity index (χ1) is 5.82. The van der Waals surface area contributed by atoms with Crippen LogP contribution in [0.15, 0.2) is 0 Å². The number of Topliss-reactive ketones (excluding diaryl/α,β-unsaturated/α-hetero) is 1. The zero-order chi connectivity index (χ0) is 10.3. The van der Waals surface area contributed by atoms with E-state index in [-0.39, 0.29) is 11.7 Å². The van der Waals surface area contributed by atoms with E-state index in [2.05, 4.69) is 5.32 Å². The van der Waals surface area contributed by atoms with Crippen molar-refractivity contribution in [2.75, 3.05) is 0 Å². The maximum absolute atomic E-state index is 11.6. The molecule has 0 aromatic rings. The van der Waals surface area contributed by atoms with Crippen LogP contribution in [0.4, 0.5) is 0 Å². The first kappa shape index (κ1) is 10.2. The molecule has 1 unspecified atom stereocenters. The first-order valence-corrected chi connectivity index (χ1v) is 4.68. The molecule has 0 spiro atoms. The lowest BCUT2D eigenvalue weighted by molar-refractivity contribution is -0.129. The van der Waals surface area contributed by atoms with Gasteiger partial charge in [0, 0.05) is 11.8 Å². The highest BCUT2D eigenvalue weighted by Gasteiger charge is 2.49. The molecule has 0 aromatic carbocycles. The van der Waals surface area contributed by atoms with Gasteiger partial charge in [-0.1, -0.05) is 20.8 Å². The summed E-state index contributed by atoms with van der Waals surface area (Å²) in [6.07, 6.45) is 1.08. The van der Waals surface area contributed by atoms with Crippen LogP contribution in [0.25, 0.3) is 0 Å². The molecule has 1 aliphatic rings. The maximum Gasteiger partial charge on any atom is 0.226 e. The van der Waals surface area contributed by atoms with Crippen LogP contribution in [-0.2, 0) is 9.59 Å². The largest absolute Gasteiger partial charge is 0.343 e. The average molecular weight is 183 g/mol. The average Bonchev–Trinajstić information content (AvgIpc) is 2.21. The van der Waals surface area contributed by atoms with Gasteiger partial charge < -0.3 is 5.32 Å². The van der Waals surface area contributed by atoms with Gasteiger partial charge in [0.25, 0.3) is 0 Å². The quantitative estimate of drug-likeness (QED) is 0.700. The summed E-state index contributed by atoms with van der Waals surface area (Å²) in [4.78, 5) is 23.0. The molecule has 1 rings (SSSR count). The molecule has 13 heavy (non-hydrogen) atoms. The molecule has 0 aromatic heterocycles. The molecule has 1 atom stereocenters. The normalized spacial score (nSPS) is 31.5. The molecule has 1 saturated heterocycles. The molecule has 1 aliphatic heterocycles. The van der Waals surface area contributed by atoms with Crippen LogP contribution in [-0.4, -0.2) is 17.2 Å². The SMILES string of the molecule is CCC(=O)C1(C)CC(C)(C)C(=O)N1. The fourth-order valence-electron chi connectivity index (χ4n) is 1.99. The van der Waals surface area contributed by atoms with Crippen molar-refractivity contribution >= 4 is 11.7 Å². The minimum absolute atomic E-state index is 0.0169. The summed E-state index contributed by atoms with van der Waals surface area (Å²) < 4.78 is 0. The van der Waals surface area contributed by atoms with Crippen molar-refractivity contribution in [1.82, 2.24) is 5.32 Å². The molecule has 3 nitrogen and oxygen atoms in total. The lowest BCUT2D eigenvalue weighted by Gasteiger charge is -2.22. The Morgan fingerprint density at radius 1 is 1.46 bits per heavy atom. The van der Waals surface area contributed by atoms with Crippen molar-refractivity contribution in [3.8, 4) is 0 Å². The lowest BCUT2D eigenvalue weighted by Crippen LogP contribution is -2.45. The van der Waals surface area contributed by atoms with Crippen molar-refractivity contribution in [1.29, 1.82) is 0 Å². The molecule has 0 radical (unpaired) electrons. The number of hydrogen-bond donors (Lipinski definition) is 1. The number of carbonyl (C=O) groups is 2. The third-order valence-electron chi connectivity index (χ3n) is 2.74. The summed E-state index contributed by atoms with van der Waals surface area (Å²) >= 11 is 0. The molecule has 1 N–H and O–H groups in total. The number of rotatable bonds is 2. The zero-order valence-corrected chi connectivity index (χ0v) is 8.73. The smallest absolute Gasteiger partial charge is 0.226 e. The predicted molar refractivity (Wildman–Crippen MR) is 50.2 cm³/mol. The summed E-state index contributed by atoms with van der Waals surface area (Å²) in [7, 11) is 0. The van der Waals surface area contributed by atoms with Crippen LogP contribution in [0.1, 0.15) is 40.5 Å². The number of amides is 1. The Kier molecular flexibility index (Phi) is 2.22. The predicted octanol–water partition coefficient (Wildman–Crippen LogP) is 1.27. The second kappa shape index (κ2) is 2.82. The highest BCUT2D eigenvalue weighted by molar-refractivity contribution is 5.97. The van der Waals surface area contributed by atoms with Crippen LogP contribution in [0, 0.1) is 5.41 Å². The van der Waals surface area contributed by atoms with Crippen LogP contribution < -0.4 is 5.32 Å². The molecular formula is C10H17NO2. The fourth-order valence-corrected chi connectivity index (χ4v) is 1.99. The van der Waals surface area contributed by atoms with Crippen molar-refractivity contribution in [2.45, 2.75) is 46.1 Å². The Hall–Kier alpha value is -0.860. The monoisotopic (exact) mass is 183 g/mol. The van der Waals surface area contributed by atoms with Gasteiger partial charge in [0.05, 0.1) is 5.54 Å². The van der Waals surface area contributed by atoms with Gasteiger partial charge in [0.2, 0.25) is 5.91 Å². The molecule has 74 valence electrons. The van der Waals surface area contributed by atoms with Crippen LogP contribution >= 0.6 is 0 Å². The van der Waals surface area contributed by atoms with E-state index in [0.717, 1.165) is 0 Å². The van der Waals surface area contributed by atoms with Gasteiger partial charge in [-0.25, -0.2) is 0 Å². The highest BCUT2D eigenvalue weighted by Crippen LogP contribution is 2.35. The lowest BCUT2D eigenvalue weighted by atomic mass is 9.82. The van der Waals surface area contributed by atoms with Gasteiger partial charge in [-0.05, 0) is 13.3 Å². The van der Waals surface area contributed by atoms with E-state index in [0.29, 0.717) is 12.8 Å². The molecule has 0 saturated carbocycles. The number of hydrogen-bond acceptors (Lipinski definition) is 2. The Balaban J connectivity index is 2.88. The van der Waals surface area contributed by atoms with E-state index in [4.69, 9.17) is 0 Å². The van der Waals surface area contributed by atoms with Crippen LogP contribution in [0.2, 0.25) is 0 Å². The molecule has 3 heteroatoms. The third-order valence-corrected chi connectivity index (χ3v) is 2.74.